The van der Waals surface area contributed by atoms with E-state index in [0.717, 1.165) is 9.13 Å². The molecule has 0 saturated carbocycles. The Hall–Kier alpha value is -2.42. The molecule has 2 heterocycles. The molecule has 1 amide bonds. The number of nitrogens with zero attached hydrogens (tertiary/aromatic N) is 3. The fraction of sp³-hybridized carbons (Fsp3) is 0.538. The number of hydrogen-bond acceptors (Lipinski definition) is 5. The molecule has 22 heavy (non-hydrogen) atoms. The van der Waals surface area contributed by atoms with Crippen molar-refractivity contribution in [1.82, 2.24) is 14.0 Å². The molecular formula is C13H17N3O6. The lowest BCUT2D eigenvalue weighted by atomic mass is 10.2. The first kappa shape index (κ1) is 16.0. The summed E-state index contributed by atoms with van der Waals surface area (Å²) in [4.78, 5) is 47.8. The third-order valence-electron chi connectivity index (χ3n) is 3.45. The Morgan fingerprint density at radius 3 is 2.68 bits per heavy atom. The summed E-state index contributed by atoms with van der Waals surface area (Å²) in [5.74, 6) is -1.54. The lowest BCUT2D eigenvalue weighted by Crippen LogP contribution is -2.53. The number of carboxylic acid groups (broad SMARTS) is 1. The molecule has 0 spiro atoms. The second-order valence-electron chi connectivity index (χ2n) is 5.20. The lowest BCUT2D eigenvalue weighted by Gasteiger charge is -2.35. The number of morpholine rings is 1. The van der Waals surface area contributed by atoms with E-state index in [4.69, 9.17) is 9.84 Å². The van der Waals surface area contributed by atoms with Gasteiger partial charge in [-0.2, -0.15) is 0 Å². The second-order valence-corrected chi connectivity index (χ2v) is 5.20. The van der Waals surface area contributed by atoms with Crippen molar-refractivity contribution < 1.29 is 19.4 Å². The molecule has 9 nitrogen and oxygen atoms in total. The first-order valence-electron chi connectivity index (χ1n) is 6.72. The van der Waals surface area contributed by atoms with Gasteiger partial charge in [-0.1, -0.05) is 0 Å². The van der Waals surface area contributed by atoms with Crippen LogP contribution in [0.2, 0.25) is 0 Å². The van der Waals surface area contributed by atoms with Crippen molar-refractivity contribution in [2.24, 2.45) is 7.05 Å². The third kappa shape index (κ3) is 3.25. The van der Waals surface area contributed by atoms with Gasteiger partial charge in [-0.05, 0) is 6.92 Å². The van der Waals surface area contributed by atoms with Crippen molar-refractivity contribution in [3.05, 3.63) is 33.1 Å². The van der Waals surface area contributed by atoms with E-state index < -0.39 is 35.3 Å². The molecule has 0 bridgehead atoms. The van der Waals surface area contributed by atoms with Gasteiger partial charge in [0.25, 0.3) is 5.56 Å². The van der Waals surface area contributed by atoms with Crippen LogP contribution < -0.4 is 11.2 Å². The smallest absolute Gasteiger partial charge is 0.334 e. The van der Waals surface area contributed by atoms with E-state index in [1.165, 1.54) is 24.2 Å². The van der Waals surface area contributed by atoms with Gasteiger partial charge >= 0.3 is 11.7 Å². The van der Waals surface area contributed by atoms with Gasteiger partial charge in [0.15, 0.2) is 6.10 Å². The summed E-state index contributed by atoms with van der Waals surface area (Å²) in [5.41, 5.74) is -1.06. The normalized spacial score (nSPS) is 21.6. The van der Waals surface area contributed by atoms with Gasteiger partial charge in [0.1, 0.15) is 6.54 Å². The minimum absolute atomic E-state index is 0.0704. The van der Waals surface area contributed by atoms with Gasteiger partial charge in [-0.15, -0.1) is 0 Å². The molecule has 0 aliphatic carbocycles. The van der Waals surface area contributed by atoms with Crippen LogP contribution in [-0.2, 0) is 27.9 Å². The fourth-order valence-electron chi connectivity index (χ4n) is 2.27. The van der Waals surface area contributed by atoms with Crippen LogP contribution in [0.15, 0.2) is 21.9 Å². The minimum atomic E-state index is -1.14. The van der Waals surface area contributed by atoms with E-state index in [1.807, 2.05) is 0 Å². The number of rotatable bonds is 3. The average Bonchev–Trinajstić information content (AvgIpc) is 2.47. The molecule has 2 atom stereocenters. The average molecular weight is 311 g/mol. The molecule has 1 N–H and O–H groups in total. The number of aromatic nitrogens is 2. The van der Waals surface area contributed by atoms with Crippen LogP contribution >= 0.6 is 0 Å². The van der Waals surface area contributed by atoms with Gasteiger partial charge in [0.05, 0.1) is 12.6 Å². The number of carbonyl (C=O) groups excluding carboxylic acids is 1. The molecule has 1 fully saturated rings. The number of amides is 1. The predicted molar refractivity (Wildman–Crippen MR) is 74.5 cm³/mol. The van der Waals surface area contributed by atoms with E-state index in [0.29, 0.717) is 0 Å². The zero-order valence-corrected chi connectivity index (χ0v) is 12.3. The number of carbonyl (C=O) groups is 2. The quantitative estimate of drug-likeness (QED) is 0.708. The molecule has 1 aromatic rings. The fourth-order valence-corrected chi connectivity index (χ4v) is 2.27. The van der Waals surface area contributed by atoms with E-state index in [1.54, 1.807) is 6.92 Å². The highest BCUT2D eigenvalue weighted by Crippen LogP contribution is 2.12. The van der Waals surface area contributed by atoms with Crippen LogP contribution in [0.4, 0.5) is 0 Å². The molecule has 1 aliphatic heterocycles. The monoisotopic (exact) mass is 311 g/mol. The lowest BCUT2D eigenvalue weighted by molar-refractivity contribution is -0.166. The Balaban J connectivity index is 2.15. The summed E-state index contributed by atoms with van der Waals surface area (Å²) in [6.07, 6.45) is -0.235. The van der Waals surface area contributed by atoms with Crippen LogP contribution in [0.5, 0.6) is 0 Å². The maximum atomic E-state index is 12.3. The predicted octanol–water partition coefficient (Wildman–Crippen LogP) is -1.75. The van der Waals surface area contributed by atoms with Gasteiger partial charge in [0.2, 0.25) is 5.91 Å². The molecule has 1 aliphatic rings. The van der Waals surface area contributed by atoms with Crippen molar-refractivity contribution in [2.75, 3.05) is 13.1 Å². The van der Waals surface area contributed by atoms with Crippen LogP contribution in [0.25, 0.3) is 0 Å². The summed E-state index contributed by atoms with van der Waals surface area (Å²) < 4.78 is 7.24. The highest BCUT2D eigenvalue weighted by Gasteiger charge is 2.32. The number of hydrogen-bond donors (Lipinski definition) is 1. The van der Waals surface area contributed by atoms with E-state index in [2.05, 4.69) is 0 Å². The Kier molecular flexibility index (Phi) is 4.45. The molecule has 1 saturated heterocycles. The first-order valence-corrected chi connectivity index (χ1v) is 6.72. The molecule has 2 rings (SSSR count). The SMILES string of the molecule is C[C@@H]1CN(C(=O)Cn2ccc(=O)n(C)c2=O)CC(C(=O)O)O1. The molecule has 0 aromatic carbocycles. The van der Waals surface area contributed by atoms with E-state index in [9.17, 15) is 19.2 Å². The molecule has 9 heteroatoms. The number of aliphatic carboxylic acids is 1. The van der Waals surface area contributed by atoms with E-state index in [-0.39, 0.29) is 19.6 Å². The van der Waals surface area contributed by atoms with Crippen LogP contribution in [0.3, 0.4) is 0 Å². The van der Waals surface area contributed by atoms with Crippen LogP contribution in [0, 0.1) is 0 Å². The van der Waals surface area contributed by atoms with Crippen LogP contribution in [0.1, 0.15) is 6.92 Å². The topological polar surface area (TPSA) is 111 Å². The minimum Gasteiger partial charge on any atom is -0.479 e. The van der Waals surface area contributed by atoms with Gasteiger partial charge in [-0.3, -0.25) is 18.7 Å². The zero-order chi connectivity index (χ0) is 16.4. The summed E-state index contributed by atoms with van der Waals surface area (Å²) in [5, 5.41) is 9.00. The maximum absolute atomic E-state index is 12.3. The Morgan fingerprint density at radius 1 is 1.36 bits per heavy atom. The van der Waals surface area contributed by atoms with Crippen molar-refractivity contribution in [1.29, 1.82) is 0 Å². The summed E-state index contributed by atoms with van der Waals surface area (Å²) in [6, 6.07) is 1.19. The van der Waals surface area contributed by atoms with Gasteiger partial charge < -0.3 is 14.7 Å². The summed E-state index contributed by atoms with van der Waals surface area (Å²) in [7, 11) is 1.32. The summed E-state index contributed by atoms with van der Waals surface area (Å²) >= 11 is 0. The zero-order valence-electron chi connectivity index (χ0n) is 12.3. The summed E-state index contributed by atoms with van der Waals surface area (Å²) in [6.45, 7) is 1.60. The van der Waals surface area contributed by atoms with Gasteiger partial charge in [-0.25, -0.2) is 9.59 Å². The second kappa shape index (κ2) is 6.14. The van der Waals surface area contributed by atoms with Crippen molar-refractivity contribution in [2.45, 2.75) is 25.7 Å². The maximum Gasteiger partial charge on any atom is 0.334 e. The highest BCUT2D eigenvalue weighted by atomic mass is 16.5. The largest absolute Gasteiger partial charge is 0.479 e. The standard InChI is InChI=1S/C13H17N3O6/c1-8-5-16(6-9(22-8)12(19)20)11(18)7-15-4-3-10(17)14(2)13(15)21/h3-4,8-9H,5-7H2,1-2H3,(H,19,20)/t8-,9?/m1/s1. The number of carboxylic acids is 1. The van der Waals surface area contributed by atoms with E-state index >= 15 is 0 Å². The van der Waals surface area contributed by atoms with Crippen molar-refractivity contribution in [3.63, 3.8) is 0 Å². The van der Waals surface area contributed by atoms with Crippen molar-refractivity contribution in [3.8, 4) is 0 Å². The van der Waals surface area contributed by atoms with Crippen molar-refractivity contribution >= 4 is 11.9 Å². The molecule has 1 unspecified atom stereocenters. The molecular weight excluding hydrogens is 294 g/mol. The molecule has 0 radical (unpaired) electrons. The Bertz CT molecular complexity index is 706. The molecule has 120 valence electrons. The Morgan fingerprint density at radius 2 is 2.05 bits per heavy atom. The number of ether oxygens (including phenoxy) is 1. The first-order chi connectivity index (χ1) is 10.3. The molecule has 1 aromatic heterocycles. The van der Waals surface area contributed by atoms with Gasteiger partial charge in [0, 0.05) is 25.9 Å². The Labute approximate surface area is 125 Å². The van der Waals surface area contributed by atoms with Crippen LogP contribution in [-0.4, -0.2) is 56.3 Å². The third-order valence-corrected chi connectivity index (χ3v) is 3.45. The highest BCUT2D eigenvalue weighted by molar-refractivity contribution is 5.78.